The number of aryl methyl sites for hydroxylation is 2. The molecule has 0 bridgehead atoms. The summed E-state index contributed by atoms with van der Waals surface area (Å²) in [6.07, 6.45) is 1.64. The molecule has 0 atom stereocenters. The lowest BCUT2D eigenvalue weighted by Gasteiger charge is -2.13. The molecule has 9 heteroatoms. The molecule has 0 unspecified atom stereocenters. The number of nitrogens with one attached hydrogen (secondary N) is 1. The van der Waals surface area contributed by atoms with Crippen LogP contribution in [-0.2, 0) is 31.7 Å². The largest absolute Gasteiger partial charge is 0.494 e. The number of para-hydroxylation sites is 1. The van der Waals surface area contributed by atoms with Gasteiger partial charge in [-0.05, 0) is 42.2 Å². The molecule has 3 aromatic rings. The van der Waals surface area contributed by atoms with Crippen molar-refractivity contribution in [2.24, 2.45) is 19.1 Å². The number of benzene rings is 2. The standard InChI is InChI=1S/C25H28N4O4S/c1-5-16-11-13-18(14-12-16)26-22(21-23(31)28(3)25(33)29(4)24(21)32)34-15-20(30)27-19-10-8-7-9-17(19)6-2/h7-14,31H,5-6,15H2,1-4H3,(H,27,30). The van der Waals surface area contributed by atoms with Gasteiger partial charge < -0.3 is 10.4 Å². The van der Waals surface area contributed by atoms with Gasteiger partial charge in [0.05, 0.1) is 11.4 Å². The van der Waals surface area contributed by atoms with Crippen molar-refractivity contribution >= 4 is 34.1 Å². The molecule has 2 aromatic carbocycles. The first-order chi connectivity index (χ1) is 16.3. The Morgan fingerprint density at radius 3 is 2.32 bits per heavy atom. The first-order valence-electron chi connectivity index (χ1n) is 10.9. The SMILES string of the molecule is CCc1ccc(N=C(SCC(=O)Nc2ccccc2CC)c2c(O)n(C)c(=O)n(C)c2=O)cc1. The van der Waals surface area contributed by atoms with E-state index in [4.69, 9.17) is 0 Å². The number of carbonyl (C=O) groups is 1. The Morgan fingerprint density at radius 2 is 1.68 bits per heavy atom. The number of anilines is 1. The fourth-order valence-electron chi connectivity index (χ4n) is 3.38. The molecule has 2 N–H and O–H groups in total. The average Bonchev–Trinajstić information content (AvgIpc) is 2.85. The van der Waals surface area contributed by atoms with Crippen molar-refractivity contribution in [1.82, 2.24) is 9.13 Å². The molecule has 1 amide bonds. The van der Waals surface area contributed by atoms with Gasteiger partial charge in [-0.2, -0.15) is 0 Å². The molecule has 8 nitrogen and oxygen atoms in total. The predicted octanol–water partition coefficient (Wildman–Crippen LogP) is 3.36. The van der Waals surface area contributed by atoms with Crippen molar-refractivity contribution in [2.75, 3.05) is 11.1 Å². The zero-order valence-corrected chi connectivity index (χ0v) is 20.5. The fourth-order valence-corrected chi connectivity index (χ4v) is 4.21. The van der Waals surface area contributed by atoms with Gasteiger partial charge >= 0.3 is 5.69 Å². The van der Waals surface area contributed by atoms with Crippen LogP contribution < -0.4 is 16.6 Å². The summed E-state index contributed by atoms with van der Waals surface area (Å²) in [6.45, 7) is 4.05. The van der Waals surface area contributed by atoms with Crippen LogP contribution in [0.4, 0.5) is 11.4 Å². The van der Waals surface area contributed by atoms with E-state index in [0.29, 0.717) is 5.69 Å². The monoisotopic (exact) mass is 480 g/mol. The van der Waals surface area contributed by atoms with Crippen LogP contribution in [0.15, 0.2) is 63.1 Å². The van der Waals surface area contributed by atoms with E-state index in [2.05, 4.69) is 10.3 Å². The third kappa shape index (κ3) is 5.48. The molecule has 0 saturated carbocycles. The van der Waals surface area contributed by atoms with E-state index in [0.717, 1.165) is 50.6 Å². The summed E-state index contributed by atoms with van der Waals surface area (Å²) in [7, 11) is 2.70. The first kappa shape index (κ1) is 25.0. The maximum Gasteiger partial charge on any atom is 0.333 e. The Balaban J connectivity index is 1.98. The molecule has 178 valence electrons. The van der Waals surface area contributed by atoms with Crippen molar-refractivity contribution in [2.45, 2.75) is 26.7 Å². The van der Waals surface area contributed by atoms with Gasteiger partial charge in [-0.1, -0.05) is 55.9 Å². The minimum Gasteiger partial charge on any atom is -0.494 e. The number of nitrogens with zero attached hydrogens (tertiary/aromatic N) is 3. The number of aliphatic imine (C=N–C) groups is 1. The second-order valence-electron chi connectivity index (χ2n) is 7.69. The van der Waals surface area contributed by atoms with Crippen molar-refractivity contribution in [3.05, 3.63) is 86.1 Å². The minimum atomic E-state index is -0.686. The lowest BCUT2D eigenvalue weighted by Crippen LogP contribution is -2.39. The van der Waals surface area contributed by atoms with E-state index in [-0.39, 0.29) is 22.3 Å². The fraction of sp³-hybridized carbons (Fsp3) is 0.280. The highest BCUT2D eigenvalue weighted by atomic mass is 32.2. The second-order valence-corrected chi connectivity index (χ2v) is 8.65. The van der Waals surface area contributed by atoms with Gasteiger partial charge in [-0.25, -0.2) is 9.79 Å². The van der Waals surface area contributed by atoms with E-state index in [1.807, 2.05) is 50.2 Å². The quantitative estimate of drug-likeness (QED) is 0.398. The molecular weight excluding hydrogens is 452 g/mol. The number of hydrogen-bond acceptors (Lipinski definition) is 6. The number of aromatic nitrogens is 2. The number of rotatable bonds is 7. The van der Waals surface area contributed by atoms with E-state index in [1.165, 1.54) is 14.1 Å². The molecule has 1 aromatic heterocycles. The van der Waals surface area contributed by atoms with Gasteiger partial charge in [0.15, 0.2) is 0 Å². The van der Waals surface area contributed by atoms with Crippen LogP contribution in [-0.4, -0.2) is 30.9 Å². The molecule has 0 spiro atoms. The van der Waals surface area contributed by atoms with Crippen LogP contribution in [0.1, 0.15) is 30.5 Å². The number of amides is 1. The number of thioether (sulfide) groups is 1. The van der Waals surface area contributed by atoms with E-state index in [9.17, 15) is 19.5 Å². The highest BCUT2D eigenvalue weighted by Gasteiger charge is 2.22. The highest BCUT2D eigenvalue weighted by Crippen LogP contribution is 2.24. The van der Waals surface area contributed by atoms with E-state index >= 15 is 0 Å². The van der Waals surface area contributed by atoms with E-state index < -0.39 is 17.1 Å². The summed E-state index contributed by atoms with van der Waals surface area (Å²) >= 11 is 1.02. The van der Waals surface area contributed by atoms with Crippen molar-refractivity contribution in [3.8, 4) is 5.88 Å². The Bertz CT molecular complexity index is 1340. The van der Waals surface area contributed by atoms with Gasteiger partial charge in [0, 0.05) is 19.8 Å². The third-order valence-electron chi connectivity index (χ3n) is 5.44. The Kier molecular flexibility index (Phi) is 8.12. The summed E-state index contributed by atoms with van der Waals surface area (Å²) in [6, 6.07) is 15.0. The Hall–Kier alpha value is -3.59. The predicted molar refractivity (Wildman–Crippen MR) is 138 cm³/mol. The maximum absolute atomic E-state index is 12.9. The van der Waals surface area contributed by atoms with Gasteiger partial charge in [0.2, 0.25) is 11.8 Å². The number of aromatic hydroxyl groups is 1. The second kappa shape index (κ2) is 11.0. The summed E-state index contributed by atoms with van der Waals surface area (Å²) in [5.41, 5.74) is 1.96. The summed E-state index contributed by atoms with van der Waals surface area (Å²) in [5.74, 6) is -0.822. The smallest absolute Gasteiger partial charge is 0.333 e. The Labute approximate surface area is 202 Å². The van der Waals surface area contributed by atoms with Crippen LogP contribution in [0.2, 0.25) is 0 Å². The molecule has 0 aliphatic heterocycles. The molecule has 0 aliphatic rings. The first-order valence-corrected chi connectivity index (χ1v) is 11.9. The molecule has 0 radical (unpaired) electrons. The maximum atomic E-state index is 12.9. The zero-order chi connectivity index (χ0) is 24.8. The van der Waals surface area contributed by atoms with E-state index in [1.54, 1.807) is 12.1 Å². The number of carbonyl (C=O) groups excluding carboxylic acids is 1. The summed E-state index contributed by atoms with van der Waals surface area (Å²) in [4.78, 5) is 42.4. The van der Waals surface area contributed by atoms with Gasteiger partial charge in [-0.15, -0.1) is 0 Å². The minimum absolute atomic E-state index is 0.0463. The van der Waals surface area contributed by atoms with Crippen molar-refractivity contribution in [3.63, 3.8) is 0 Å². The lowest BCUT2D eigenvalue weighted by molar-refractivity contribution is -0.113. The van der Waals surface area contributed by atoms with Crippen molar-refractivity contribution < 1.29 is 9.90 Å². The van der Waals surface area contributed by atoms with Crippen molar-refractivity contribution in [1.29, 1.82) is 0 Å². The molecule has 34 heavy (non-hydrogen) atoms. The van der Waals surface area contributed by atoms with Gasteiger partial charge in [-0.3, -0.25) is 18.7 Å². The molecule has 0 aliphatic carbocycles. The molecule has 1 heterocycles. The average molecular weight is 481 g/mol. The van der Waals surface area contributed by atoms with Gasteiger partial charge in [0.1, 0.15) is 10.6 Å². The molecule has 0 fully saturated rings. The van der Waals surface area contributed by atoms with Crippen LogP contribution in [0, 0.1) is 0 Å². The zero-order valence-electron chi connectivity index (χ0n) is 19.7. The highest BCUT2D eigenvalue weighted by molar-refractivity contribution is 8.15. The van der Waals surface area contributed by atoms with Gasteiger partial charge in [0.25, 0.3) is 5.56 Å². The lowest BCUT2D eigenvalue weighted by atomic mass is 10.1. The van der Waals surface area contributed by atoms with Crippen LogP contribution in [0.25, 0.3) is 0 Å². The normalized spacial score (nSPS) is 11.5. The third-order valence-corrected chi connectivity index (χ3v) is 6.41. The topological polar surface area (TPSA) is 106 Å². The van der Waals surface area contributed by atoms with Crippen LogP contribution >= 0.6 is 11.8 Å². The summed E-state index contributed by atoms with van der Waals surface area (Å²) in [5, 5.41) is 13.7. The number of hydrogen-bond donors (Lipinski definition) is 2. The van der Waals surface area contributed by atoms with Crippen LogP contribution in [0.5, 0.6) is 5.88 Å². The Morgan fingerprint density at radius 1 is 1.00 bits per heavy atom. The molecule has 3 rings (SSSR count). The molecular formula is C25H28N4O4S. The molecule has 0 saturated heterocycles. The summed E-state index contributed by atoms with van der Waals surface area (Å²) < 4.78 is 1.88. The van der Waals surface area contributed by atoms with Crippen LogP contribution in [0.3, 0.4) is 0 Å².